The Balaban J connectivity index is 1.77. The van der Waals surface area contributed by atoms with Crippen LogP contribution >= 0.6 is 0 Å². The fourth-order valence-electron chi connectivity index (χ4n) is 3.40. The van der Waals surface area contributed by atoms with Crippen LogP contribution in [-0.4, -0.2) is 94.2 Å². The zero-order valence-corrected chi connectivity index (χ0v) is 18.9. The summed E-state index contributed by atoms with van der Waals surface area (Å²) in [5, 5.41) is 6.17. The van der Waals surface area contributed by atoms with Crippen molar-refractivity contribution in [3.8, 4) is 0 Å². The molecular weight excluding hydrogens is 392 g/mol. The molecule has 2 fully saturated rings. The predicted octanol–water partition coefficient (Wildman–Crippen LogP) is -0.186. The Labute approximate surface area is 175 Å². The highest BCUT2D eigenvalue weighted by atomic mass is 32.2. The van der Waals surface area contributed by atoms with Crippen LogP contribution < -0.4 is 15.4 Å². The normalized spacial score (nSPS) is 19.3. The van der Waals surface area contributed by atoms with Gasteiger partial charge in [0.1, 0.15) is 0 Å². The fourth-order valence-corrected chi connectivity index (χ4v) is 4.37. The third kappa shape index (κ3) is 8.88. The van der Waals surface area contributed by atoms with E-state index < -0.39 is 10.0 Å². The van der Waals surface area contributed by atoms with Gasteiger partial charge < -0.3 is 15.5 Å². The summed E-state index contributed by atoms with van der Waals surface area (Å²) in [5.41, 5.74) is 0. The molecule has 9 nitrogen and oxygen atoms in total. The minimum absolute atomic E-state index is 0.00392. The van der Waals surface area contributed by atoms with Crippen molar-refractivity contribution in [2.75, 3.05) is 58.1 Å². The smallest absolute Gasteiger partial charge is 0.234 e. The third-order valence-corrected chi connectivity index (χ3v) is 6.59. The zero-order chi connectivity index (χ0) is 21.3. The molecule has 1 saturated carbocycles. The lowest BCUT2D eigenvalue weighted by atomic mass is 9.86. The van der Waals surface area contributed by atoms with Gasteiger partial charge in [0.05, 0.1) is 18.8 Å². The van der Waals surface area contributed by atoms with E-state index in [1.807, 2.05) is 20.8 Å². The van der Waals surface area contributed by atoms with E-state index in [4.69, 9.17) is 0 Å². The van der Waals surface area contributed by atoms with Crippen LogP contribution in [0.2, 0.25) is 0 Å². The predicted molar refractivity (Wildman–Crippen MR) is 116 cm³/mol. The third-order valence-electron chi connectivity index (χ3n) is 5.26. The van der Waals surface area contributed by atoms with Gasteiger partial charge in [0.25, 0.3) is 0 Å². The number of rotatable bonds is 10. The van der Waals surface area contributed by atoms with E-state index in [-0.39, 0.29) is 24.2 Å². The number of amides is 1. The molecule has 0 aromatic heterocycles. The van der Waals surface area contributed by atoms with Gasteiger partial charge in [-0.05, 0) is 39.5 Å². The van der Waals surface area contributed by atoms with Crippen molar-refractivity contribution in [1.82, 2.24) is 25.2 Å². The van der Waals surface area contributed by atoms with E-state index in [1.165, 1.54) is 6.42 Å². The Bertz CT molecular complexity index is 640. The minimum Gasteiger partial charge on any atom is -0.357 e. The molecule has 0 aromatic carbocycles. The number of piperazine rings is 1. The van der Waals surface area contributed by atoms with Gasteiger partial charge in [0.2, 0.25) is 15.9 Å². The number of hydrogen-bond acceptors (Lipinski definition) is 5. The number of carbonyl (C=O) groups excluding carboxylic acids is 1. The molecule has 1 amide bonds. The van der Waals surface area contributed by atoms with E-state index in [0.29, 0.717) is 19.0 Å². The molecule has 0 radical (unpaired) electrons. The Morgan fingerprint density at radius 2 is 1.86 bits per heavy atom. The molecule has 1 heterocycles. The molecule has 1 saturated heterocycles. The van der Waals surface area contributed by atoms with Crippen LogP contribution in [0.25, 0.3) is 0 Å². The summed E-state index contributed by atoms with van der Waals surface area (Å²) < 4.78 is 27.0. The molecule has 10 heteroatoms. The Morgan fingerprint density at radius 3 is 2.41 bits per heavy atom. The number of guanidine groups is 1. The van der Waals surface area contributed by atoms with E-state index >= 15 is 0 Å². The van der Waals surface area contributed by atoms with Gasteiger partial charge in [0.15, 0.2) is 5.96 Å². The van der Waals surface area contributed by atoms with Gasteiger partial charge in [-0.25, -0.2) is 13.1 Å². The lowest BCUT2D eigenvalue weighted by Crippen LogP contribution is -2.54. The molecule has 1 aliphatic carbocycles. The van der Waals surface area contributed by atoms with Crippen molar-refractivity contribution >= 4 is 21.9 Å². The molecule has 0 aromatic rings. The first-order valence-corrected chi connectivity index (χ1v) is 12.5. The lowest BCUT2D eigenvalue weighted by molar-refractivity contribution is -0.123. The van der Waals surface area contributed by atoms with Crippen LogP contribution in [0.1, 0.15) is 40.0 Å². The summed E-state index contributed by atoms with van der Waals surface area (Å²) in [5.74, 6) is 1.30. The van der Waals surface area contributed by atoms with Crippen LogP contribution in [0.15, 0.2) is 4.99 Å². The Morgan fingerprint density at radius 1 is 1.17 bits per heavy atom. The molecular formula is C19H38N6O3S. The van der Waals surface area contributed by atoms with E-state index in [9.17, 15) is 13.2 Å². The number of nitrogens with one attached hydrogen (secondary N) is 3. The highest BCUT2D eigenvalue weighted by Gasteiger charge is 2.22. The van der Waals surface area contributed by atoms with Gasteiger partial charge in [-0.1, -0.05) is 6.42 Å². The first-order chi connectivity index (χ1) is 13.8. The van der Waals surface area contributed by atoms with Crippen LogP contribution in [0.3, 0.4) is 0 Å². The monoisotopic (exact) mass is 430 g/mol. The number of aliphatic imine (C=N–C) groups is 1. The second-order valence-electron chi connectivity index (χ2n) is 8.19. The number of hydrogen-bond donors (Lipinski definition) is 3. The lowest BCUT2D eigenvalue weighted by Gasteiger charge is -2.36. The van der Waals surface area contributed by atoms with Crippen molar-refractivity contribution < 1.29 is 13.2 Å². The van der Waals surface area contributed by atoms with E-state index in [2.05, 4.69) is 30.1 Å². The average molecular weight is 431 g/mol. The topological polar surface area (TPSA) is 106 Å². The van der Waals surface area contributed by atoms with Crippen LogP contribution in [0, 0.1) is 5.92 Å². The van der Waals surface area contributed by atoms with Crippen molar-refractivity contribution in [2.24, 2.45) is 10.9 Å². The summed E-state index contributed by atoms with van der Waals surface area (Å²) >= 11 is 0. The number of nitrogens with zero attached hydrogens (tertiary/aromatic N) is 3. The van der Waals surface area contributed by atoms with Crippen LogP contribution in [0.4, 0.5) is 0 Å². The van der Waals surface area contributed by atoms with Crippen molar-refractivity contribution in [2.45, 2.75) is 46.1 Å². The highest BCUT2D eigenvalue weighted by Crippen LogP contribution is 2.25. The second kappa shape index (κ2) is 11.7. The van der Waals surface area contributed by atoms with E-state index in [1.54, 1.807) is 0 Å². The minimum atomic E-state index is -3.28. The van der Waals surface area contributed by atoms with Gasteiger partial charge >= 0.3 is 0 Å². The van der Waals surface area contributed by atoms with Gasteiger partial charge in [-0.2, -0.15) is 0 Å². The maximum absolute atomic E-state index is 12.2. The highest BCUT2D eigenvalue weighted by molar-refractivity contribution is 7.89. The quantitative estimate of drug-likeness (QED) is 0.328. The summed E-state index contributed by atoms with van der Waals surface area (Å²) in [4.78, 5) is 20.7. The molecule has 0 bridgehead atoms. The molecule has 1 aliphatic heterocycles. The molecule has 3 N–H and O–H groups in total. The summed E-state index contributed by atoms with van der Waals surface area (Å²) in [7, 11) is -3.28. The Hall–Kier alpha value is -1.39. The molecule has 0 spiro atoms. The number of carbonyl (C=O) groups is 1. The summed E-state index contributed by atoms with van der Waals surface area (Å²) in [6.45, 7) is 10.9. The maximum atomic E-state index is 12.2. The van der Waals surface area contributed by atoms with Crippen molar-refractivity contribution in [3.05, 3.63) is 0 Å². The van der Waals surface area contributed by atoms with Gasteiger partial charge in [0, 0.05) is 45.3 Å². The molecule has 0 atom stereocenters. The van der Waals surface area contributed by atoms with Gasteiger partial charge in [-0.3, -0.25) is 14.7 Å². The van der Waals surface area contributed by atoms with Crippen LogP contribution in [0.5, 0.6) is 0 Å². The number of sulfonamides is 1. The summed E-state index contributed by atoms with van der Waals surface area (Å²) in [6, 6.07) is 0.149. The molecule has 29 heavy (non-hydrogen) atoms. The molecule has 2 aliphatic rings. The van der Waals surface area contributed by atoms with Crippen molar-refractivity contribution in [3.63, 3.8) is 0 Å². The largest absolute Gasteiger partial charge is 0.357 e. The first-order valence-electron chi connectivity index (χ1n) is 10.8. The van der Waals surface area contributed by atoms with Gasteiger partial charge in [-0.15, -0.1) is 0 Å². The molecule has 168 valence electrons. The zero-order valence-electron chi connectivity index (χ0n) is 18.1. The standard InChI is InChI=1S/C19H38N6O3S/c1-4-20-19(21-8-13-29(27,28)22-14-17-6-5-7-17)25-11-9-24(10-12-25)15-18(26)23-16(2)3/h16-17,22H,4-15H2,1-3H3,(H,20,21)(H,23,26). The molecule has 0 unspecified atom stereocenters. The van der Waals surface area contributed by atoms with Crippen molar-refractivity contribution in [1.29, 1.82) is 0 Å². The fraction of sp³-hybridized carbons (Fsp3) is 0.895. The average Bonchev–Trinajstić information content (AvgIpc) is 2.59. The first kappa shape index (κ1) is 23.9. The second-order valence-corrected chi connectivity index (χ2v) is 10.1. The summed E-state index contributed by atoms with van der Waals surface area (Å²) in [6.07, 6.45) is 3.45. The van der Waals surface area contributed by atoms with E-state index in [0.717, 1.165) is 51.5 Å². The SMILES string of the molecule is CCNC(=NCCS(=O)(=O)NCC1CCC1)N1CCN(CC(=O)NC(C)C)CC1. The Kier molecular flexibility index (Phi) is 9.64. The maximum Gasteiger partial charge on any atom is 0.234 e. The molecule has 2 rings (SSSR count). The van der Waals surface area contributed by atoms with Crippen LogP contribution in [-0.2, 0) is 14.8 Å².